The molecule has 0 aliphatic heterocycles. The zero-order chi connectivity index (χ0) is 12.2. The van der Waals surface area contributed by atoms with Crippen LogP contribution in [0.1, 0.15) is 58.3 Å². The zero-order valence-electron chi connectivity index (χ0n) is 11.1. The van der Waals surface area contributed by atoms with Crippen LogP contribution >= 0.6 is 11.8 Å². The predicted octanol–water partition coefficient (Wildman–Crippen LogP) is 5.72. The fourth-order valence-corrected chi connectivity index (χ4v) is 2.80. The van der Waals surface area contributed by atoms with Gasteiger partial charge in [0.1, 0.15) is 0 Å². The molecule has 1 aromatic rings. The van der Waals surface area contributed by atoms with Crippen LogP contribution in [-0.4, -0.2) is 5.75 Å². The second-order valence-corrected chi connectivity index (χ2v) is 5.73. The second-order valence-electron chi connectivity index (χ2n) is 4.56. The molecule has 1 radical (unpaired) electrons. The number of benzene rings is 1. The van der Waals surface area contributed by atoms with Gasteiger partial charge in [0.25, 0.3) is 0 Å². The SMILES string of the molecule is CCCCCCCCCCSc1c[c]ccc1. The van der Waals surface area contributed by atoms with Crippen LogP contribution in [0.4, 0.5) is 0 Å². The average Bonchev–Trinajstić information content (AvgIpc) is 2.38. The van der Waals surface area contributed by atoms with Crippen molar-refractivity contribution in [3.63, 3.8) is 0 Å². The van der Waals surface area contributed by atoms with Gasteiger partial charge in [-0.3, -0.25) is 0 Å². The number of rotatable bonds is 10. The van der Waals surface area contributed by atoms with Gasteiger partial charge in [0, 0.05) is 4.90 Å². The quantitative estimate of drug-likeness (QED) is 0.377. The third kappa shape index (κ3) is 8.31. The first-order valence-corrected chi connectivity index (χ1v) is 8.01. The molecule has 0 amide bonds. The summed E-state index contributed by atoms with van der Waals surface area (Å²) in [6, 6.07) is 11.4. The number of thioether (sulfide) groups is 1. The van der Waals surface area contributed by atoms with Crippen LogP contribution in [0.2, 0.25) is 0 Å². The van der Waals surface area contributed by atoms with E-state index in [-0.39, 0.29) is 0 Å². The third-order valence-corrected chi connectivity index (χ3v) is 4.03. The van der Waals surface area contributed by atoms with E-state index in [9.17, 15) is 0 Å². The second kappa shape index (κ2) is 10.7. The number of hydrogen-bond acceptors (Lipinski definition) is 1. The van der Waals surface area contributed by atoms with Crippen molar-refractivity contribution in [1.82, 2.24) is 0 Å². The van der Waals surface area contributed by atoms with Gasteiger partial charge in [-0.2, -0.15) is 0 Å². The highest BCUT2D eigenvalue weighted by Crippen LogP contribution is 2.19. The van der Waals surface area contributed by atoms with E-state index in [1.54, 1.807) is 0 Å². The predicted molar refractivity (Wildman–Crippen MR) is 78.6 cm³/mol. The maximum atomic E-state index is 3.12. The van der Waals surface area contributed by atoms with Gasteiger partial charge in [-0.15, -0.1) is 11.8 Å². The Kier molecular flexibility index (Phi) is 9.21. The first-order valence-electron chi connectivity index (χ1n) is 7.02. The molecule has 0 N–H and O–H groups in total. The third-order valence-electron chi connectivity index (χ3n) is 2.95. The molecule has 0 saturated carbocycles. The van der Waals surface area contributed by atoms with Crippen LogP contribution in [-0.2, 0) is 0 Å². The summed E-state index contributed by atoms with van der Waals surface area (Å²) < 4.78 is 0. The maximum Gasteiger partial charge on any atom is 0.00781 e. The first-order chi connectivity index (χ1) is 8.43. The molecule has 0 atom stereocenters. The lowest BCUT2D eigenvalue weighted by molar-refractivity contribution is 0.586. The van der Waals surface area contributed by atoms with Crippen LogP contribution in [0.15, 0.2) is 29.2 Å². The van der Waals surface area contributed by atoms with Crippen LogP contribution in [0.5, 0.6) is 0 Å². The summed E-state index contributed by atoms with van der Waals surface area (Å²) >= 11 is 1.96. The molecule has 0 spiro atoms. The molecule has 0 heterocycles. The van der Waals surface area contributed by atoms with Crippen LogP contribution in [0, 0.1) is 6.07 Å². The standard InChI is InChI=1S/C16H25S/c1-2-3-4-5-6-7-8-12-15-17-16-13-10-9-11-14-16/h9-10,13-14H,2-8,12,15H2,1H3. The summed E-state index contributed by atoms with van der Waals surface area (Å²) in [5.41, 5.74) is 0. The van der Waals surface area contributed by atoms with E-state index < -0.39 is 0 Å². The van der Waals surface area contributed by atoms with Crippen molar-refractivity contribution in [2.45, 2.75) is 63.2 Å². The summed E-state index contributed by atoms with van der Waals surface area (Å²) in [5.74, 6) is 1.26. The Hall–Kier alpha value is -0.430. The van der Waals surface area contributed by atoms with Gasteiger partial charge in [0.05, 0.1) is 0 Å². The van der Waals surface area contributed by atoms with Crippen molar-refractivity contribution in [3.8, 4) is 0 Å². The fraction of sp³-hybridized carbons (Fsp3) is 0.625. The van der Waals surface area contributed by atoms with Crippen molar-refractivity contribution in [3.05, 3.63) is 30.3 Å². The largest absolute Gasteiger partial charge is 0.126 e. The lowest BCUT2D eigenvalue weighted by atomic mass is 10.1. The highest BCUT2D eigenvalue weighted by atomic mass is 32.2. The molecule has 0 aromatic heterocycles. The van der Waals surface area contributed by atoms with Crippen molar-refractivity contribution in [2.75, 3.05) is 5.75 Å². The Bertz CT molecular complexity index is 255. The van der Waals surface area contributed by atoms with E-state index in [0.29, 0.717) is 0 Å². The zero-order valence-corrected chi connectivity index (χ0v) is 11.9. The molecule has 0 fully saturated rings. The molecule has 0 saturated heterocycles. The molecule has 0 bridgehead atoms. The Morgan fingerprint density at radius 1 is 1.00 bits per heavy atom. The Balaban J connectivity index is 1.85. The number of hydrogen-bond donors (Lipinski definition) is 0. The van der Waals surface area contributed by atoms with Gasteiger partial charge in [0.15, 0.2) is 0 Å². The highest BCUT2D eigenvalue weighted by molar-refractivity contribution is 7.99. The van der Waals surface area contributed by atoms with Gasteiger partial charge in [-0.05, 0) is 30.4 Å². The van der Waals surface area contributed by atoms with E-state index in [1.165, 1.54) is 62.0 Å². The summed E-state index contributed by atoms with van der Waals surface area (Å²) in [5, 5.41) is 0. The first kappa shape index (κ1) is 14.6. The summed E-state index contributed by atoms with van der Waals surface area (Å²) in [7, 11) is 0. The Morgan fingerprint density at radius 3 is 2.35 bits per heavy atom. The Morgan fingerprint density at radius 2 is 1.71 bits per heavy atom. The summed E-state index contributed by atoms with van der Waals surface area (Å²) in [6.45, 7) is 2.28. The van der Waals surface area contributed by atoms with E-state index in [1.807, 2.05) is 17.8 Å². The minimum Gasteiger partial charge on any atom is -0.126 e. The summed E-state index contributed by atoms with van der Waals surface area (Å²) in [6.07, 6.45) is 11.3. The lowest BCUT2D eigenvalue weighted by Crippen LogP contribution is -1.83. The topological polar surface area (TPSA) is 0 Å². The minimum absolute atomic E-state index is 1.26. The molecule has 1 rings (SSSR count). The van der Waals surface area contributed by atoms with Crippen molar-refractivity contribution in [2.24, 2.45) is 0 Å². The molecule has 1 heteroatoms. The van der Waals surface area contributed by atoms with Crippen LogP contribution < -0.4 is 0 Å². The van der Waals surface area contributed by atoms with Gasteiger partial charge >= 0.3 is 0 Å². The molecule has 0 unspecified atom stereocenters. The van der Waals surface area contributed by atoms with Crippen LogP contribution in [0.3, 0.4) is 0 Å². The number of unbranched alkanes of at least 4 members (excludes halogenated alkanes) is 7. The van der Waals surface area contributed by atoms with E-state index >= 15 is 0 Å². The van der Waals surface area contributed by atoms with Gasteiger partial charge in [-0.1, -0.05) is 64.0 Å². The molecule has 95 valence electrons. The van der Waals surface area contributed by atoms with E-state index in [4.69, 9.17) is 0 Å². The minimum atomic E-state index is 1.26. The monoisotopic (exact) mass is 249 g/mol. The average molecular weight is 249 g/mol. The van der Waals surface area contributed by atoms with Gasteiger partial charge < -0.3 is 0 Å². The van der Waals surface area contributed by atoms with Crippen LogP contribution in [0.25, 0.3) is 0 Å². The molecule has 17 heavy (non-hydrogen) atoms. The fourth-order valence-electron chi connectivity index (χ4n) is 1.89. The lowest BCUT2D eigenvalue weighted by Gasteiger charge is -2.02. The Labute approximate surface area is 111 Å². The molecule has 1 aromatic carbocycles. The normalized spacial score (nSPS) is 10.6. The summed E-state index contributed by atoms with van der Waals surface area (Å²) in [4.78, 5) is 1.36. The van der Waals surface area contributed by atoms with Gasteiger partial charge in [-0.25, -0.2) is 0 Å². The van der Waals surface area contributed by atoms with E-state index in [2.05, 4.69) is 31.2 Å². The molecule has 0 aliphatic rings. The molecule has 0 nitrogen and oxygen atoms in total. The maximum absolute atomic E-state index is 3.12. The van der Waals surface area contributed by atoms with E-state index in [0.717, 1.165) is 0 Å². The van der Waals surface area contributed by atoms with Crippen molar-refractivity contribution < 1.29 is 0 Å². The van der Waals surface area contributed by atoms with Crippen molar-refractivity contribution in [1.29, 1.82) is 0 Å². The van der Waals surface area contributed by atoms with Crippen molar-refractivity contribution >= 4 is 11.8 Å². The molecular formula is C16H25S. The van der Waals surface area contributed by atoms with Gasteiger partial charge in [0.2, 0.25) is 0 Å². The highest BCUT2D eigenvalue weighted by Gasteiger charge is 1.94. The smallest absolute Gasteiger partial charge is 0.00781 e. The molecule has 0 aliphatic carbocycles. The molecular weight excluding hydrogens is 224 g/mol.